The lowest BCUT2D eigenvalue weighted by atomic mass is 9.99. The van der Waals surface area contributed by atoms with Gasteiger partial charge in [-0.1, -0.05) is 36.8 Å². The summed E-state index contributed by atoms with van der Waals surface area (Å²) < 4.78 is 5.87. The van der Waals surface area contributed by atoms with Crippen LogP contribution in [0.4, 0.5) is 0 Å². The largest absolute Gasteiger partial charge is 0.507 e. The Balaban J connectivity index is 1.49. The van der Waals surface area contributed by atoms with Gasteiger partial charge in [-0.2, -0.15) is 5.10 Å². The number of hydrogen-bond acceptors (Lipinski definition) is 4. The molecule has 0 aliphatic carbocycles. The number of aromatic hydroxyl groups is 1. The zero-order valence-corrected chi connectivity index (χ0v) is 16.3. The van der Waals surface area contributed by atoms with Crippen molar-refractivity contribution in [3.05, 3.63) is 54.2 Å². The molecule has 28 heavy (non-hydrogen) atoms. The standard InChI is InChI=1S/C23H27N3O2/c1-17-22(18-8-4-2-5-9-18)23(25-24-17)20-11-10-19(16-21(20)27)28-15-14-26-12-6-3-7-13-26/h2,4-5,8-11,16,27H,3,6-7,12-15H2,1H3,(H,24,25). The van der Waals surface area contributed by atoms with Gasteiger partial charge in [0.2, 0.25) is 0 Å². The summed E-state index contributed by atoms with van der Waals surface area (Å²) in [6.07, 6.45) is 3.90. The summed E-state index contributed by atoms with van der Waals surface area (Å²) in [5.74, 6) is 0.867. The maximum absolute atomic E-state index is 10.6. The third kappa shape index (κ3) is 4.04. The van der Waals surface area contributed by atoms with Crippen molar-refractivity contribution in [1.29, 1.82) is 0 Å². The third-order valence-corrected chi connectivity index (χ3v) is 5.36. The molecule has 2 N–H and O–H groups in total. The summed E-state index contributed by atoms with van der Waals surface area (Å²) in [5.41, 5.74) is 4.51. The van der Waals surface area contributed by atoms with E-state index in [0.29, 0.717) is 17.9 Å². The maximum Gasteiger partial charge on any atom is 0.128 e. The number of benzene rings is 2. The van der Waals surface area contributed by atoms with E-state index in [4.69, 9.17) is 4.74 Å². The van der Waals surface area contributed by atoms with E-state index in [2.05, 4.69) is 27.2 Å². The van der Waals surface area contributed by atoms with Crippen molar-refractivity contribution in [3.63, 3.8) is 0 Å². The average Bonchev–Trinajstić information content (AvgIpc) is 3.11. The monoisotopic (exact) mass is 377 g/mol. The predicted molar refractivity (Wildman–Crippen MR) is 112 cm³/mol. The second-order valence-electron chi connectivity index (χ2n) is 7.37. The summed E-state index contributed by atoms with van der Waals surface area (Å²) in [4.78, 5) is 2.44. The van der Waals surface area contributed by atoms with Gasteiger partial charge in [0.05, 0.1) is 0 Å². The first-order valence-corrected chi connectivity index (χ1v) is 10.0. The number of aryl methyl sites for hydroxylation is 1. The van der Waals surface area contributed by atoms with Gasteiger partial charge in [0.15, 0.2) is 0 Å². The molecule has 0 saturated carbocycles. The van der Waals surface area contributed by atoms with Crippen LogP contribution in [-0.2, 0) is 0 Å². The fourth-order valence-electron chi connectivity index (χ4n) is 3.86. The van der Waals surface area contributed by atoms with E-state index in [1.54, 1.807) is 6.07 Å². The molecule has 0 amide bonds. The molecule has 2 heterocycles. The van der Waals surface area contributed by atoms with Crippen LogP contribution in [-0.4, -0.2) is 46.4 Å². The van der Waals surface area contributed by atoms with E-state index in [1.807, 2.05) is 37.3 Å². The quantitative estimate of drug-likeness (QED) is 0.658. The SMILES string of the molecule is Cc1[nH]nc(-c2ccc(OCCN3CCCCC3)cc2O)c1-c1ccccc1. The smallest absolute Gasteiger partial charge is 0.128 e. The molecule has 0 unspecified atom stereocenters. The van der Waals surface area contributed by atoms with Crippen LogP contribution in [0.5, 0.6) is 11.5 Å². The average molecular weight is 377 g/mol. The molecule has 4 rings (SSSR count). The number of hydrogen-bond donors (Lipinski definition) is 2. The molecule has 0 atom stereocenters. The number of nitrogens with zero attached hydrogens (tertiary/aromatic N) is 2. The van der Waals surface area contributed by atoms with Crippen molar-refractivity contribution in [1.82, 2.24) is 15.1 Å². The first-order chi connectivity index (χ1) is 13.7. The van der Waals surface area contributed by atoms with Crippen LogP contribution >= 0.6 is 0 Å². The molecule has 1 aromatic heterocycles. The Kier molecular flexibility index (Phi) is 5.63. The maximum atomic E-state index is 10.6. The topological polar surface area (TPSA) is 61.4 Å². The number of aromatic amines is 1. The van der Waals surface area contributed by atoms with Crippen LogP contribution in [0.2, 0.25) is 0 Å². The molecule has 1 saturated heterocycles. The number of phenols is 1. The van der Waals surface area contributed by atoms with E-state index in [0.717, 1.165) is 42.1 Å². The minimum absolute atomic E-state index is 0.180. The van der Waals surface area contributed by atoms with Gasteiger partial charge in [0, 0.05) is 29.4 Å². The Morgan fingerprint density at radius 1 is 1.07 bits per heavy atom. The lowest BCUT2D eigenvalue weighted by Gasteiger charge is -2.26. The first-order valence-electron chi connectivity index (χ1n) is 10.0. The first kappa shape index (κ1) is 18.6. The van der Waals surface area contributed by atoms with Crippen LogP contribution in [0, 0.1) is 6.92 Å². The second kappa shape index (κ2) is 8.48. The summed E-state index contributed by atoms with van der Waals surface area (Å²) in [5, 5.41) is 18.1. The molecule has 5 heteroatoms. The Morgan fingerprint density at radius 3 is 2.61 bits per heavy atom. The van der Waals surface area contributed by atoms with Gasteiger partial charge >= 0.3 is 0 Å². The number of piperidine rings is 1. The molecule has 0 radical (unpaired) electrons. The Labute approximate surface area is 166 Å². The van der Waals surface area contributed by atoms with Gasteiger partial charge < -0.3 is 9.84 Å². The van der Waals surface area contributed by atoms with E-state index in [1.165, 1.54) is 19.3 Å². The van der Waals surface area contributed by atoms with Crippen molar-refractivity contribution in [2.45, 2.75) is 26.2 Å². The molecular formula is C23H27N3O2. The van der Waals surface area contributed by atoms with Crippen molar-refractivity contribution in [2.24, 2.45) is 0 Å². The molecule has 146 valence electrons. The Morgan fingerprint density at radius 2 is 1.86 bits per heavy atom. The summed E-state index contributed by atoms with van der Waals surface area (Å²) in [6, 6.07) is 15.6. The van der Waals surface area contributed by atoms with Crippen LogP contribution < -0.4 is 4.74 Å². The molecule has 0 bridgehead atoms. The number of aromatic nitrogens is 2. The molecule has 0 spiro atoms. The fourth-order valence-corrected chi connectivity index (χ4v) is 3.86. The van der Waals surface area contributed by atoms with Gasteiger partial charge in [-0.25, -0.2) is 0 Å². The third-order valence-electron chi connectivity index (χ3n) is 5.36. The normalized spacial score (nSPS) is 14.9. The van der Waals surface area contributed by atoms with E-state index in [9.17, 15) is 5.11 Å². The van der Waals surface area contributed by atoms with Gasteiger partial charge in [-0.15, -0.1) is 0 Å². The second-order valence-corrected chi connectivity index (χ2v) is 7.37. The Hall–Kier alpha value is -2.79. The number of nitrogens with one attached hydrogen (secondary N) is 1. The van der Waals surface area contributed by atoms with E-state index >= 15 is 0 Å². The number of rotatable bonds is 6. The molecule has 3 aromatic rings. The highest BCUT2D eigenvalue weighted by atomic mass is 16.5. The minimum atomic E-state index is 0.180. The molecule has 1 aliphatic heterocycles. The number of H-pyrrole nitrogens is 1. The van der Waals surface area contributed by atoms with Crippen molar-refractivity contribution >= 4 is 0 Å². The number of ether oxygens (including phenoxy) is 1. The van der Waals surface area contributed by atoms with Crippen molar-refractivity contribution < 1.29 is 9.84 Å². The van der Waals surface area contributed by atoms with Crippen LogP contribution in [0.25, 0.3) is 22.4 Å². The number of likely N-dealkylation sites (tertiary alicyclic amines) is 1. The summed E-state index contributed by atoms with van der Waals surface area (Å²) in [7, 11) is 0. The lowest BCUT2D eigenvalue weighted by Crippen LogP contribution is -2.33. The highest BCUT2D eigenvalue weighted by molar-refractivity contribution is 5.85. The van der Waals surface area contributed by atoms with E-state index < -0.39 is 0 Å². The zero-order chi connectivity index (χ0) is 19.3. The van der Waals surface area contributed by atoms with Crippen LogP contribution in [0.15, 0.2) is 48.5 Å². The van der Waals surface area contributed by atoms with Crippen molar-refractivity contribution in [2.75, 3.05) is 26.2 Å². The fraction of sp³-hybridized carbons (Fsp3) is 0.348. The van der Waals surface area contributed by atoms with Gasteiger partial charge in [0.1, 0.15) is 23.8 Å². The lowest BCUT2D eigenvalue weighted by molar-refractivity contribution is 0.183. The summed E-state index contributed by atoms with van der Waals surface area (Å²) in [6.45, 7) is 5.88. The van der Waals surface area contributed by atoms with Crippen molar-refractivity contribution in [3.8, 4) is 33.9 Å². The van der Waals surface area contributed by atoms with Crippen LogP contribution in [0.3, 0.4) is 0 Å². The minimum Gasteiger partial charge on any atom is -0.507 e. The molecular weight excluding hydrogens is 350 g/mol. The van der Waals surface area contributed by atoms with E-state index in [-0.39, 0.29) is 5.75 Å². The summed E-state index contributed by atoms with van der Waals surface area (Å²) >= 11 is 0. The molecule has 1 fully saturated rings. The van der Waals surface area contributed by atoms with Gasteiger partial charge in [-0.05, 0) is 50.6 Å². The van der Waals surface area contributed by atoms with Gasteiger partial charge in [0.25, 0.3) is 0 Å². The van der Waals surface area contributed by atoms with Crippen LogP contribution in [0.1, 0.15) is 25.0 Å². The molecule has 2 aromatic carbocycles. The highest BCUT2D eigenvalue weighted by Crippen LogP contribution is 2.38. The Bertz CT molecular complexity index is 915. The molecule has 5 nitrogen and oxygen atoms in total. The predicted octanol–water partition coefficient (Wildman–Crippen LogP) is 4.62. The zero-order valence-electron chi connectivity index (χ0n) is 16.3. The highest BCUT2D eigenvalue weighted by Gasteiger charge is 2.17. The van der Waals surface area contributed by atoms with Gasteiger partial charge in [-0.3, -0.25) is 10.00 Å². The number of phenolic OH excluding ortho intramolecular Hbond substituents is 1. The molecule has 1 aliphatic rings.